The molecule has 3 rings (SSSR count). The number of likely N-dealkylation sites (tertiary alicyclic amines) is 3. The highest BCUT2D eigenvalue weighted by molar-refractivity contribution is 5.99. The fraction of sp³-hybridized carbons (Fsp3) is 0.800. The molecule has 13 amide bonds. The largest absolute Gasteiger partial charge is 0.370 e. The van der Waals surface area contributed by atoms with E-state index < -0.39 is 188 Å². The average molecular weight is 1540 g/mol. The van der Waals surface area contributed by atoms with Gasteiger partial charge in [0.15, 0.2) is 11.9 Å². The highest BCUT2D eigenvalue weighted by atomic mass is 16.2. The Hall–Kier alpha value is -8.43. The number of nitrogens with zero attached hydrogens (tertiary/aromatic N) is 10. The van der Waals surface area contributed by atoms with Crippen LogP contribution in [0.25, 0.3) is 0 Å². The van der Waals surface area contributed by atoms with Crippen molar-refractivity contribution in [3.05, 3.63) is 0 Å². The lowest BCUT2D eigenvalue weighted by molar-refractivity contribution is -0.153. The Morgan fingerprint density at radius 1 is 0.431 bits per heavy atom. The van der Waals surface area contributed by atoms with Crippen LogP contribution in [0.4, 0.5) is 0 Å². The van der Waals surface area contributed by atoms with Crippen molar-refractivity contribution in [1.29, 1.82) is 0 Å². The number of carbonyl (C=O) groups excluding carboxylic acids is 13. The molecule has 620 valence electrons. The van der Waals surface area contributed by atoms with Gasteiger partial charge in [0.05, 0.1) is 19.1 Å². The topological polar surface area (TPSA) is 503 Å². The molecule has 3 heterocycles. The molecule has 5 unspecified atom stereocenters. The number of nitrogens with one attached hydrogen (secondary N) is 4. The minimum absolute atomic E-state index is 0.00976. The monoisotopic (exact) mass is 1540 g/mol. The molecule has 34 heteroatoms. The Morgan fingerprint density at radius 2 is 0.817 bits per heavy atom. The highest BCUT2D eigenvalue weighted by Crippen LogP contribution is 2.28. The SMILES string of the molecule is CCC(C)N(CC(=O)N1CCC[C@H]1C(=O)N(CC(=O)N[C@@H](CCCN=C(N)N)C(=O)N[C@@H](CCCN=C(N)N)C(N)=O)C(C)CC)C(=O)CN(C(=O)[C@@H]1CCCN1C(=O)CN(C(=O)[C@H](CCCCN)NC(=O)CN(C(=O)[C@@H]1CCCN1C(=O)[C@H](CC(C)C)NC(=O)[C@@H](N)[C@@H](C)CC)C(C)CC)C(C)CC)C(C)CC. The molecule has 109 heavy (non-hydrogen) atoms. The normalized spacial score (nSPS) is 18.6. The Kier molecular flexibility index (Phi) is 41.4. The molecule has 3 aliphatic rings. The summed E-state index contributed by atoms with van der Waals surface area (Å²) in [6.45, 7) is 24.7. The number of guanidine groups is 2. The minimum Gasteiger partial charge on any atom is -0.370 e. The minimum atomic E-state index is -1.23. The summed E-state index contributed by atoms with van der Waals surface area (Å²) in [5, 5.41) is 11.1. The number of rotatable bonds is 48. The fourth-order valence-corrected chi connectivity index (χ4v) is 13.9. The zero-order valence-corrected chi connectivity index (χ0v) is 67.9. The van der Waals surface area contributed by atoms with Crippen molar-refractivity contribution in [2.24, 2.45) is 62.0 Å². The summed E-state index contributed by atoms with van der Waals surface area (Å²) >= 11 is 0. The lowest BCUT2D eigenvalue weighted by Gasteiger charge is -2.38. The maximum atomic E-state index is 15.2. The molecule has 3 saturated heterocycles. The number of hydrogen-bond acceptors (Lipinski definition) is 17. The van der Waals surface area contributed by atoms with E-state index in [1.54, 1.807) is 27.7 Å². The van der Waals surface area contributed by atoms with E-state index in [2.05, 4.69) is 31.3 Å². The van der Waals surface area contributed by atoms with Gasteiger partial charge in [0, 0.05) is 62.9 Å². The molecule has 0 aromatic rings. The van der Waals surface area contributed by atoms with Crippen LogP contribution < -0.4 is 61.4 Å². The van der Waals surface area contributed by atoms with E-state index in [1.807, 2.05) is 69.2 Å². The quantitative estimate of drug-likeness (QED) is 0.0220. The van der Waals surface area contributed by atoms with Crippen molar-refractivity contribution in [2.45, 2.75) is 304 Å². The molecule has 0 aromatic heterocycles. The number of aliphatic imine (C=N–C) groups is 2. The van der Waals surface area contributed by atoms with Crippen molar-refractivity contribution in [3.8, 4) is 0 Å². The van der Waals surface area contributed by atoms with Gasteiger partial charge in [-0.3, -0.25) is 72.3 Å². The summed E-state index contributed by atoms with van der Waals surface area (Å²) in [6, 6.07) is -10.8. The van der Waals surface area contributed by atoms with Crippen LogP contribution in [0.1, 0.15) is 225 Å². The highest BCUT2D eigenvalue weighted by Gasteiger charge is 2.45. The van der Waals surface area contributed by atoms with Gasteiger partial charge in [-0.1, -0.05) is 68.7 Å². The van der Waals surface area contributed by atoms with Crippen LogP contribution in [-0.4, -0.2) is 278 Å². The first kappa shape index (κ1) is 94.8. The van der Waals surface area contributed by atoms with Gasteiger partial charge >= 0.3 is 0 Å². The molecule has 0 bridgehead atoms. The smallest absolute Gasteiger partial charge is 0.246 e. The summed E-state index contributed by atoms with van der Waals surface area (Å²) in [5.41, 5.74) is 39.8. The number of carbonyl (C=O) groups is 13. The number of unbranched alkanes of at least 4 members (excludes halogenated alkanes) is 1. The zero-order chi connectivity index (χ0) is 82.1. The van der Waals surface area contributed by atoms with Crippen LogP contribution in [0.15, 0.2) is 9.98 Å². The van der Waals surface area contributed by atoms with Gasteiger partial charge in [-0.2, -0.15) is 0 Å². The second-order valence-corrected chi connectivity index (χ2v) is 30.3. The van der Waals surface area contributed by atoms with Gasteiger partial charge in [-0.25, -0.2) is 0 Å². The molecular weight excluding hydrogens is 1400 g/mol. The molecule has 14 atom stereocenters. The fourth-order valence-electron chi connectivity index (χ4n) is 13.9. The Labute approximate surface area is 646 Å². The maximum Gasteiger partial charge on any atom is 0.246 e. The van der Waals surface area contributed by atoms with Crippen molar-refractivity contribution < 1.29 is 62.3 Å². The van der Waals surface area contributed by atoms with Gasteiger partial charge in [0.2, 0.25) is 76.8 Å². The third-order valence-corrected chi connectivity index (χ3v) is 21.8. The van der Waals surface area contributed by atoms with Crippen LogP contribution in [0.3, 0.4) is 0 Å². The van der Waals surface area contributed by atoms with Crippen molar-refractivity contribution >= 4 is 88.7 Å². The first-order valence-electron chi connectivity index (χ1n) is 39.9. The maximum absolute atomic E-state index is 15.2. The van der Waals surface area contributed by atoms with Crippen LogP contribution in [-0.2, 0) is 62.3 Å². The Morgan fingerprint density at radius 3 is 1.24 bits per heavy atom. The Bertz CT molecular complexity index is 3080. The molecule has 0 radical (unpaired) electrons. The van der Waals surface area contributed by atoms with Gasteiger partial charge in [-0.15, -0.1) is 0 Å². The molecule has 0 aromatic carbocycles. The lowest BCUT2D eigenvalue weighted by atomic mass is 9.97. The molecule has 0 aliphatic carbocycles. The van der Waals surface area contributed by atoms with E-state index in [1.165, 1.54) is 39.2 Å². The summed E-state index contributed by atoms with van der Waals surface area (Å²) in [7, 11) is 0. The Balaban J connectivity index is 1.88. The van der Waals surface area contributed by atoms with Crippen molar-refractivity contribution in [3.63, 3.8) is 0 Å². The van der Waals surface area contributed by atoms with Gasteiger partial charge in [0.25, 0.3) is 0 Å². The predicted molar refractivity (Wildman–Crippen MR) is 418 cm³/mol. The molecule has 3 fully saturated rings. The van der Waals surface area contributed by atoms with E-state index >= 15 is 9.59 Å². The molecule has 18 N–H and O–H groups in total. The standard InChI is InChI=1S/C75H137N21O13/c1-15-47(9)65(77)68(104)88-56(40-46(7)8)70(106)91-39-27-33-59(91)73(109)94(50(12)18-4)42-61(98)86-55(28-21-22-34-76)69(105)95(51(13)19-5)44-63(100)90-38-26-32-58(90)72(108)96(52(14)20-6)45-64(101)92(48(10)16-2)43-62(99)89-37-25-31-57(89)71(107)93(49(11)17-3)41-60(97)85-54(30-24-36-84-75(81)82)67(103)87-53(66(78)102)29-23-35-83-74(79)80/h46-59,65H,15-45,76-77H2,1-14H3,(H2,78,102)(H,85,97)(H,86,98)(H,87,103)(H,88,104)(H4,79,80,83)(H4,81,82,84)/t47-,48?,49?,50?,51?,52?,53-,54-,55-,56-,57-,58-,59-,65-/m0/s1. The number of primary amides is 1. The zero-order valence-electron chi connectivity index (χ0n) is 67.9. The van der Waals surface area contributed by atoms with E-state index in [4.69, 9.17) is 40.1 Å². The van der Waals surface area contributed by atoms with Gasteiger partial charge in [0.1, 0.15) is 61.9 Å². The molecule has 0 saturated carbocycles. The van der Waals surface area contributed by atoms with E-state index in [0.717, 1.165) is 0 Å². The molecule has 34 nitrogen and oxygen atoms in total. The first-order valence-corrected chi connectivity index (χ1v) is 39.9. The number of amides is 13. The van der Waals surface area contributed by atoms with E-state index in [9.17, 15) is 52.7 Å². The van der Waals surface area contributed by atoms with Gasteiger partial charge < -0.3 is 101 Å². The van der Waals surface area contributed by atoms with Crippen molar-refractivity contribution in [2.75, 3.05) is 72.0 Å². The third kappa shape index (κ3) is 29.1. The summed E-state index contributed by atoms with van der Waals surface area (Å²) in [6.07, 6.45) is 7.03. The summed E-state index contributed by atoms with van der Waals surface area (Å²) in [4.78, 5) is 206. The number of nitrogens with two attached hydrogens (primary N) is 7. The van der Waals surface area contributed by atoms with Crippen molar-refractivity contribution in [1.82, 2.24) is 60.5 Å². The van der Waals surface area contributed by atoms with Crippen LogP contribution in [0, 0.1) is 11.8 Å². The van der Waals surface area contributed by atoms with Crippen LogP contribution >= 0.6 is 0 Å². The summed E-state index contributed by atoms with van der Waals surface area (Å²) in [5.74, 6) is -7.80. The first-order chi connectivity index (χ1) is 51.5. The molecule has 0 spiro atoms. The molecule has 3 aliphatic heterocycles. The lowest BCUT2D eigenvalue weighted by Crippen LogP contribution is -2.59. The van der Waals surface area contributed by atoms with Gasteiger partial charge in [-0.05, 0) is 175 Å². The van der Waals surface area contributed by atoms with Crippen LogP contribution in [0.2, 0.25) is 0 Å². The third-order valence-electron chi connectivity index (χ3n) is 21.8. The summed E-state index contributed by atoms with van der Waals surface area (Å²) < 4.78 is 0. The average Bonchev–Trinajstić information content (AvgIpc) is 1.70. The second-order valence-electron chi connectivity index (χ2n) is 30.3. The second kappa shape index (κ2) is 47.6. The number of hydrogen-bond donors (Lipinski definition) is 11. The predicted octanol–water partition coefficient (Wildman–Crippen LogP) is 0.175. The molecular formula is C75H137N21O13. The van der Waals surface area contributed by atoms with E-state index in [-0.39, 0.29) is 101 Å². The van der Waals surface area contributed by atoms with E-state index in [0.29, 0.717) is 90.0 Å². The van der Waals surface area contributed by atoms with Crippen LogP contribution in [0.5, 0.6) is 0 Å².